The summed E-state index contributed by atoms with van der Waals surface area (Å²) in [7, 11) is -6.82. The van der Waals surface area contributed by atoms with Crippen LogP contribution in [0.4, 0.5) is 11.4 Å². The zero-order valence-electron chi connectivity index (χ0n) is 12.5. The van der Waals surface area contributed by atoms with Crippen LogP contribution in [0.5, 0.6) is 0 Å². The van der Waals surface area contributed by atoms with Gasteiger partial charge >= 0.3 is 0 Å². The highest BCUT2D eigenvalue weighted by atomic mass is 35.5. The van der Waals surface area contributed by atoms with Crippen molar-refractivity contribution in [2.75, 3.05) is 21.3 Å². The zero-order valence-corrected chi connectivity index (χ0v) is 14.9. The molecule has 1 saturated heterocycles. The Balaban J connectivity index is 1.89. The van der Waals surface area contributed by atoms with E-state index in [2.05, 4.69) is 4.72 Å². The van der Waals surface area contributed by atoms with Crippen LogP contribution < -0.4 is 9.03 Å². The molecule has 0 bridgehead atoms. The fourth-order valence-corrected chi connectivity index (χ4v) is 6.48. The Morgan fingerprint density at radius 1 is 1.17 bits per heavy atom. The van der Waals surface area contributed by atoms with Crippen molar-refractivity contribution in [3.8, 4) is 0 Å². The van der Waals surface area contributed by atoms with E-state index in [0.717, 1.165) is 12.8 Å². The van der Waals surface area contributed by atoms with E-state index >= 15 is 0 Å². The normalized spacial score (nSPS) is 21.7. The standard InChI is InChI=1S/C14H19ClN2O4S2/c15-13-7-6-11(17-8-3-9-22(17,18)19)10-14(13)16-23(20,21)12-4-1-2-5-12/h6-7,10,12,16H,1-5,8-9H2. The Hall–Kier alpha value is -0.990. The molecule has 1 aliphatic carbocycles. The Kier molecular flexibility index (Phi) is 4.50. The van der Waals surface area contributed by atoms with Gasteiger partial charge in [0.05, 0.1) is 27.4 Å². The third-order valence-electron chi connectivity index (χ3n) is 4.33. The Morgan fingerprint density at radius 2 is 1.87 bits per heavy atom. The third kappa shape index (κ3) is 3.44. The Labute approximate surface area is 141 Å². The molecule has 1 saturated carbocycles. The lowest BCUT2D eigenvalue weighted by Gasteiger charge is -2.19. The van der Waals surface area contributed by atoms with Crippen molar-refractivity contribution in [2.24, 2.45) is 0 Å². The van der Waals surface area contributed by atoms with E-state index in [-0.39, 0.29) is 16.5 Å². The number of rotatable bonds is 4. The summed E-state index contributed by atoms with van der Waals surface area (Å²) in [5, 5.41) is -0.148. The lowest BCUT2D eigenvalue weighted by atomic mass is 10.3. The van der Waals surface area contributed by atoms with E-state index in [4.69, 9.17) is 11.6 Å². The first-order chi connectivity index (χ1) is 10.8. The third-order valence-corrected chi connectivity index (χ3v) is 8.38. The van der Waals surface area contributed by atoms with Gasteiger partial charge in [0.15, 0.2) is 0 Å². The minimum atomic E-state index is -3.51. The van der Waals surface area contributed by atoms with Gasteiger partial charge in [-0.15, -0.1) is 0 Å². The molecular formula is C14H19ClN2O4S2. The molecule has 23 heavy (non-hydrogen) atoms. The Morgan fingerprint density at radius 3 is 2.48 bits per heavy atom. The molecule has 1 N–H and O–H groups in total. The summed E-state index contributed by atoms with van der Waals surface area (Å²) in [5.41, 5.74) is 0.675. The lowest BCUT2D eigenvalue weighted by molar-refractivity contribution is 0.585. The summed E-state index contributed by atoms with van der Waals surface area (Å²) >= 11 is 6.09. The molecular weight excluding hydrogens is 360 g/mol. The molecule has 9 heteroatoms. The lowest BCUT2D eigenvalue weighted by Crippen LogP contribution is -2.27. The predicted molar refractivity (Wildman–Crippen MR) is 92.0 cm³/mol. The van der Waals surface area contributed by atoms with Gasteiger partial charge in [0, 0.05) is 6.54 Å². The summed E-state index contributed by atoms with van der Waals surface area (Å²) in [6, 6.07) is 4.62. The van der Waals surface area contributed by atoms with Gasteiger partial charge in [0.2, 0.25) is 20.0 Å². The minimum Gasteiger partial charge on any atom is -0.282 e. The van der Waals surface area contributed by atoms with E-state index in [9.17, 15) is 16.8 Å². The highest BCUT2D eigenvalue weighted by Crippen LogP contribution is 2.33. The summed E-state index contributed by atoms with van der Waals surface area (Å²) in [5.74, 6) is 0.110. The van der Waals surface area contributed by atoms with E-state index in [1.807, 2.05) is 0 Å². The van der Waals surface area contributed by atoms with Gasteiger partial charge in [0.1, 0.15) is 0 Å². The smallest absolute Gasteiger partial charge is 0.235 e. The van der Waals surface area contributed by atoms with E-state index in [0.29, 0.717) is 31.5 Å². The molecule has 0 atom stereocenters. The highest BCUT2D eigenvalue weighted by molar-refractivity contribution is 7.93. The van der Waals surface area contributed by atoms with Gasteiger partial charge in [-0.25, -0.2) is 16.8 Å². The van der Waals surface area contributed by atoms with Crippen molar-refractivity contribution in [3.05, 3.63) is 23.2 Å². The average molecular weight is 379 g/mol. The maximum atomic E-state index is 12.4. The number of nitrogens with one attached hydrogen (secondary N) is 1. The van der Waals surface area contributed by atoms with Gasteiger partial charge in [-0.1, -0.05) is 24.4 Å². The number of hydrogen-bond donors (Lipinski definition) is 1. The molecule has 0 amide bonds. The molecule has 0 spiro atoms. The Bertz CT molecular complexity index is 802. The quantitative estimate of drug-likeness (QED) is 0.872. The second-order valence-corrected chi connectivity index (χ2v) is 10.3. The van der Waals surface area contributed by atoms with Crippen molar-refractivity contribution in [3.63, 3.8) is 0 Å². The zero-order chi connectivity index (χ0) is 16.7. The maximum Gasteiger partial charge on any atom is 0.235 e. The van der Waals surface area contributed by atoms with Crippen LogP contribution in [0.2, 0.25) is 5.02 Å². The molecule has 6 nitrogen and oxygen atoms in total. The second kappa shape index (κ2) is 6.14. The largest absolute Gasteiger partial charge is 0.282 e. The van der Waals surface area contributed by atoms with Crippen LogP contribution in [-0.2, 0) is 20.0 Å². The van der Waals surface area contributed by atoms with Crippen molar-refractivity contribution in [1.29, 1.82) is 0 Å². The van der Waals surface area contributed by atoms with Crippen LogP contribution in [0.25, 0.3) is 0 Å². The van der Waals surface area contributed by atoms with Crippen LogP contribution in [0, 0.1) is 0 Å². The van der Waals surface area contributed by atoms with Gasteiger partial charge in [-0.2, -0.15) is 0 Å². The summed E-state index contributed by atoms with van der Waals surface area (Å²) in [6.07, 6.45) is 3.67. The fourth-order valence-electron chi connectivity index (χ4n) is 3.11. The van der Waals surface area contributed by atoms with Crippen molar-refractivity contribution in [2.45, 2.75) is 37.4 Å². The molecule has 0 aromatic heterocycles. The van der Waals surface area contributed by atoms with Gasteiger partial charge < -0.3 is 0 Å². The molecule has 1 aliphatic heterocycles. The number of halogens is 1. The number of sulfonamides is 2. The molecule has 0 radical (unpaired) electrons. The summed E-state index contributed by atoms with van der Waals surface area (Å²) in [6.45, 7) is 0.402. The SMILES string of the molecule is O=S(=O)(Nc1cc(N2CCCS2(=O)=O)ccc1Cl)C1CCCC1. The monoisotopic (exact) mass is 378 g/mol. The molecule has 0 unspecified atom stereocenters. The molecule has 3 rings (SSSR count). The molecule has 128 valence electrons. The number of anilines is 2. The fraction of sp³-hybridized carbons (Fsp3) is 0.571. The van der Waals surface area contributed by atoms with Crippen LogP contribution in [0.1, 0.15) is 32.1 Å². The predicted octanol–water partition coefficient (Wildman–Crippen LogP) is 2.56. The first-order valence-corrected chi connectivity index (χ1v) is 11.1. The first kappa shape index (κ1) is 16.9. The summed E-state index contributed by atoms with van der Waals surface area (Å²) < 4.78 is 52.7. The first-order valence-electron chi connectivity index (χ1n) is 7.61. The van der Waals surface area contributed by atoms with Crippen LogP contribution in [-0.4, -0.2) is 34.4 Å². The van der Waals surface area contributed by atoms with Crippen LogP contribution in [0.3, 0.4) is 0 Å². The molecule has 2 fully saturated rings. The topological polar surface area (TPSA) is 83.6 Å². The van der Waals surface area contributed by atoms with Crippen molar-refractivity contribution in [1.82, 2.24) is 0 Å². The minimum absolute atomic E-state index is 0.110. The van der Waals surface area contributed by atoms with Crippen LogP contribution >= 0.6 is 11.6 Å². The number of benzene rings is 1. The van der Waals surface area contributed by atoms with E-state index in [1.165, 1.54) is 16.4 Å². The van der Waals surface area contributed by atoms with Crippen molar-refractivity contribution < 1.29 is 16.8 Å². The van der Waals surface area contributed by atoms with Gasteiger partial charge in [0.25, 0.3) is 0 Å². The number of nitrogens with zero attached hydrogens (tertiary/aromatic N) is 1. The highest BCUT2D eigenvalue weighted by Gasteiger charge is 2.31. The van der Waals surface area contributed by atoms with E-state index < -0.39 is 25.3 Å². The van der Waals surface area contributed by atoms with Gasteiger partial charge in [-0.3, -0.25) is 9.03 Å². The van der Waals surface area contributed by atoms with E-state index in [1.54, 1.807) is 6.07 Å². The van der Waals surface area contributed by atoms with Crippen molar-refractivity contribution >= 4 is 43.0 Å². The number of hydrogen-bond acceptors (Lipinski definition) is 4. The average Bonchev–Trinajstić information content (AvgIpc) is 3.10. The summed E-state index contributed by atoms with van der Waals surface area (Å²) in [4.78, 5) is 0. The molecule has 1 heterocycles. The van der Waals surface area contributed by atoms with Crippen LogP contribution in [0.15, 0.2) is 18.2 Å². The molecule has 1 aromatic carbocycles. The molecule has 2 aliphatic rings. The maximum absolute atomic E-state index is 12.4. The van der Waals surface area contributed by atoms with Gasteiger partial charge in [-0.05, 0) is 37.5 Å². The molecule has 1 aromatic rings. The second-order valence-electron chi connectivity index (χ2n) is 5.96.